The van der Waals surface area contributed by atoms with Crippen molar-refractivity contribution in [3.8, 4) is 0 Å². The largest absolute Gasteiger partial charge is 0.391 e. The van der Waals surface area contributed by atoms with E-state index >= 15 is 0 Å². The Labute approximate surface area is 109 Å². The van der Waals surface area contributed by atoms with Crippen LogP contribution in [-0.4, -0.2) is 18.3 Å². The highest BCUT2D eigenvalue weighted by atomic mass is 19.4. The minimum Gasteiger partial charge on any atom is -0.311 e. The Balaban J connectivity index is 2.45. The number of nitrogens with one attached hydrogen (secondary N) is 1. The van der Waals surface area contributed by atoms with Crippen LogP contribution in [0.5, 0.6) is 0 Å². The van der Waals surface area contributed by atoms with Crippen molar-refractivity contribution in [2.75, 3.05) is 0 Å². The second-order valence-electron chi connectivity index (χ2n) is 5.54. The lowest BCUT2D eigenvalue weighted by Crippen LogP contribution is -2.43. The molecule has 0 bridgehead atoms. The molecule has 18 heavy (non-hydrogen) atoms. The molecule has 1 rings (SSSR count). The van der Waals surface area contributed by atoms with E-state index in [1.54, 1.807) is 0 Å². The van der Waals surface area contributed by atoms with Crippen LogP contribution in [0.15, 0.2) is 0 Å². The van der Waals surface area contributed by atoms with Gasteiger partial charge in [-0.25, -0.2) is 0 Å². The van der Waals surface area contributed by atoms with Crippen LogP contribution in [0.1, 0.15) is 65.2 Å². The highest BCUT2D eigenvalue weighted by Crippen LogP contribution is 2.37. The van der Waals surface area contributed by atoms with Gasteiger partial charge >= 0.3 is 6.18 Å². The Morgan fingerprint density at radius 2 is 1.72 bits per heavy atom. The van der Waals surface area contributed by atoms with Crippen LogP contribution in [0.2, 0.25) is 0 Å². The van der Waals surface area contributed by atoms with Crippen molar-refractivity contribution in [3.63, 3.8) is 0 Å². The molecular formula is C14H26F3N. The fourth-order valence-corrected chi connectivity index (χ4v) is 2.98. The number of halogens is 3. The summed E-state index contributed by atoms with van der Waals surface area (Å²) in [7, 11) is 0. The minimum absolute atomic E-state index is 0.0634. The van der Waals surface area contributed by atoms with E-state index in [0.717, 1.165) is 32.1 Å². The van der Waals surface area contributed by atoms with Crippen LogP contribution >= 0.6 is 0 Å². The maximum atomic E-state index is 12.7. The third kappa shape index (κ3) is 5.17. The molecule has 1 N–H and O–H groups in total. The Hall–Kier alpha value is -0.250. The van der Waals surface area contributed by atoms with Gasteiger partial charge in [-0.15, -0.1) is 0 Å². The van der Waals surface area contributed by atoms with Gasteiger partial charge in [-0.1, -0.05) is 33.1 Å². The van der Waals surface area contributed by atoms with Crippen LogP contribution in [-0.2, 0) is 0 Å². The molecule has 2 atom stereocenters. The topological polar surface area (TPSA) is 12.0 Å². The van der Waals surface area contributed by atoms with Gasteiger partial charge in [-0.2, -0.15) is 13.2 Å². The first-order valence-corrected chi connectivity index (χ1v) is 7.30. The number of hydrogen-bond donors (Lipinski definition) is 1. The zero-order valence-electron chi connectivity index (χ0n) is 11.5. The summed E-state index contributed by atoms with van der Waals surface area (Å²) in [6, 6.07) is 0.463. The first-order valence-electron chi connectivity index (χ1n) is 7.30. The summed E-state index contributed by atoms with van der Waals surface area (Å²) in [4.78, 5) is 0. The molecule has 108 valence electrons. The molecule has 1 saturated carbocycles. The van der Waals surface area contributed by atoms with Crippen LogP contribution in [0, 0.1) is 5.92 Å². The summed E-state index contributed by atoms with van der Waals surface area (Å²) in [5.74, 6) is -1.09. The average Bonchev–Trinajstić information content (AvgIpc) is 2.29. The molecule has 0 radical (unpaired) electrons. The van der Waals surface area contributed by atoms with Gasteiger partial charge in [-0.05, 0) is 32.1 Å². The summed E-state index contributed by atoms with van der Waals surface area (Å²) in [6.07, 6.45) is 2.50. The second kappa shape index (κ2) is 7.37. The lowest BCUT2D eigenvalue weighted by Gasteiger charge is -2.33. The summed E-state index contributed by atoms with van der Waals surface area (Å²) >= 11 is 0. The normalized spacial score (nSPS) is 25.7. The van der Waals surface area contributed by atoms with E-state index in [1.807, 2.05) is 0 Å². The van der Waals surface area contributed by atoms with Gasteiger partial charge in [0.2, 0.25) is 0 Å². The Morgan fingerprint density at radius 1 is 1.11 bits per heavy atom. The maximum absolute atomic E-state index is 12.7. The lowest BCUT2D eigenvalue weighted by atomic mass is 9.84. The quantitative estimate of drug-likeness (QED) is 0.736. The summed E-state index contributed by atoms with van der Waals surface area (Å²) in [5.41, 5.74) is 0. The molecule has 0 aromatic heterocycles. The molecule has 1 aliphatic rings. The van der Waals surface area contributed by atoms with E-state index in [9.17, 15) is 13.2 Å². The lowest BCUT2D eigenvalue weighted by molar-refractivity contribution is -0.183. The fraction of sp³-hybridized carbons (Fsp3) is 1.00. The van der Waals surface area contributed by atoms with E-state index in [0.29, 0.717) is 18.9 Å². The molecule has 0 aliphatic heterocycles. The molecular weight excluding hydrogens is 239 g/mol. The van der Waals surface area contributed by atoms with E-state index in [4.69, 9.17) is 0 Å². The summed E-state index contributed by atoms with van der Waals surface area (Å²) in [5, 5.41) is 3.46. The zero-order chi connectivity index (χ0) is 13.6. The Bertz CT molecular complexity index is 222. The van der Waals surface area contributed by atoms with E-state index in [1.165, 1.54) is 0 Å². The van der Waals surface area contributed by atoms with Gasteiger partial charge in [0.05, 0.1) is 5.92 Å². The molecule has 0 amide bonds. The number of alkyl halides is 3. The smallest absolute Gasteiger partial charge is 0.311 e. The van der Waals surface area contributed by atoms with Crippen molar-refractivity contribution in [1.29, 1.82) is 0 Å². The summed E-state index contributed by atoms with van der Waals surface area (Å²) in [6.45, 7) is 4.26. The van der Waals surface area contributed by atoms with Gasteiger partial charge in [0.25, 0.3) is 0 Å². The molecule has 1 nitrogen and oxygen atoms in total. The molecule has 0 saturated heterocycles. The second-order valence-corrected chi connectivity index (χ2v) is 5.54. The fourth-order valence-electron chi connectivity index (χ4n) is 2.98. The first-order chi connectivity index (χ1) is 8.47. The van der Waals surface area contributed by atoms with Crippen LogP contribution in [0.3, 0.4) is 0 Å². The monoisotopic (exact) mass is 265 g/mol. The van der Waals surface area contributed by atoms with E-state index in [2.05, 4.69) is 19.2 Å². The maximum Gasteiger partial charge on any atom is 0.391 e. The van der Waals surface area contributed by atoms with E-state index < -0.39 is 12.1 Å². The molecule has 1 fully saturated rings. The van der Waals surface area contributed by atoms with Gasteiger partial charge in [0.1, 0.15) is 0 Å². The average molecular weight is 265 g/mol. The van der Waals surface area contributed by atoms with Gasteiger partial charge in [-0.3, -0.25) is 0 Å². The van der Waals surface area contributed by atoms with Crippen LogP contribution in [0.4, 0.5) is 13.2 Å². The number of hydrogen-bond acceptors (Lipinski definition) is 1. The molecule has 0 aromatic rings. The zero-order valence-corrected chi connectivity index (χ0v) is 11.5. The SMILES string of the molecule is CCCC(CCC)NC1CCCC(C(F)(F)F)C1. The standard InChI is InChI=1S/C14H26F3N/c1-3-6-12(7-4-2)18-13-9-5-8-11(10-13)14(15,16)17/h11-13,18H,3-10H2,1-2H3. The molecule has 0 aromatic carbocycles. The van der Waals surface area contributed by atoms with Gasteiger partial charge in [0, 0.05) is 12.1 Å². The first kappa shape index (κ1) is 15.8. The highest BCUT2D eigenvalue weighted by Gasteiger charge is 2.42. The van der Waals surface area contributed by atoms with Crippen molar-refractivity contribution in [2.45, 2.75) is 83.5 Å². The van der Waals surface area contributed by atoms with Gasteiger partial charge in [0.15, 0.2) is 0 Å². The van der Waals surface area contributed by atoms with Crippen molar-refractivity contribution in [3.05, 3.63) is 0 Å². The van der Waals surface area contributed by atoms with E-state index in [-0.39, 0.29) is 12.5 Å². The van der Waals surface area contributed by atoms with Crippen molar-refractivity contribution in [1.82, 2.24) is 5.32 Å². The van der Waals surface area contributed by atoms with Crippen LogP contribution < -0.4 is 5.32 Å². The molecule has 2 unspecified atom stereocenters. The van der Waals surface area contributed by atoms with Crippen molar-refractivity contribution < 1.29 is 13.2 Å². The third-order valence-corrected chi connectivity index (χ3v) is 3.88. The highest BCUT2D eigenvalue weighted by molar-refractivity contribution is 4.84. The third-order valence-electron chi connectivity index (χ3n) is 3.88. The predicted octanol–water partition coefficient (Wildman–Crippen LogP) is 4.67. The minimum atomic E-state index is -4.01. The Kier molecular flexibility index (Phi) is 6.47. The molecule has 4 heteroatoms. The molecule has 1 aliphatic carbocycles. The van der Waals surface area contributed by atoms with Crippen molar-refractivity contribution >= 4 is 0 Å². The van der Waals surface area contributed by atoms with Crippen molar-refractivity contribution in [2.24, 2.45) is 5.92 Å². The Morgan fingerprint density at radius 3 is 2.22 bits per heavy atom. The summed E-state index contributed by atoms with van der Waals surface area (Å²) < 4.78 is 38.2. The predicted molar refractivity (Wildman–Crippen MR) is 68.5 cm³/mol. The molecule has 0 heterocycles. The van der Waals surface area contributed by atoms with Crippen LogP contribution in [0.25, 0.3) is 0 Å². The van der Waals surface area contributed by atoms with Gasteiger partial charge < -0.3 is 5.32 Å². The number of rotatable bonds is 6. The molecule has 0 spiro atoms.